The average molecular weight is 448 g/mol. The van der Waals surface area contributed by atoms with Crippen LogP contribution in [0, 0.1) is 5.82 Å². The number of carbonyl (C=O) groups excluding carboxylic acids is 1. The Bertz CT molecular complexity index is 1000. The van der Waals surface area contributed by atoms with Gasteiger partial charge in [0, 0.05) is 24.5 Å². The molecule has 174 valence electrons. The number of likely N-dealkylation sites (N-methyl/N-ethyl adjacent to an activating group) is 1. The lowest BCUT2D eigenvalue weighted by atomic mass is 10.0. The second-order valence-corrected chi connectivity index (χ2v) is 8.41. The molecule has 1 atom stereocenters. The van der Waals surface area contributed by atoms with Crippen molar-refractivity contribution in [1.29, 1.82) is 0 Å². The number of nitrogens with zero attached hydrogens (tertiary/aromatic N) is 3. The largest absolute Gasteiger partial charge is 0.372 e. The van der Waals surface area contributed by atoms with E-state index in [1.165, 1.54) is 17.8 Å². The summed E-state index contributed by atoms with van der Waals surface area (Å²) in [5.41, 5.74) is 3.99. The van der Waals surface area contributed by atoms with E-state index in [1.807, 2.05) is 49.3 Å². The van der Waals surface area contributed by atoms with Crippen LogP contribution in [0.2, 0.25) is 0 Å². The summed E-state index contributed by atoms with van der Waals surface area (Å²) < 4.78 is 13.6. The maximum atomic E-state index is 13.8. The number of carbonyl (C=O) groups is 1. The van der Waals surface area contributed by atoms with Gasteiger partial charge in [0.05, 0.1) is 12.6 Å². The molecular formula is C28H34FN3O. The van der Waals surface area contributed by atoms with Crippen LogP contribution in [0.1, 0.15) is 25.0 Å². The Morgan fingerprint density at radius 3 is 1.91 bits per heavy atom. The lowest BCUT2D eigenvalue weighted by molar-refractivity contribution is -0.123. The fraction of sp³-hybridized carbons (Fsp3) is 0.321. The third kappa shape index (κ3) is 6.42. The van der Waals surface area contributed by atoms with E-state index in [0.717, 1.165) is 24.2 Å². The van der Waals surface area contributed by atoms with Gasteiger partial charge in [-0.2, -0.15) is 0 Å². The first-order valence-electron chi connectivity index (χ1n) is 11.5. The summed E-state index contributed by atoms with van der Waals surface area (Å²) in [5.74, 6) is -0.327. The molecule has 0 saturated heterocycles. The van der Waals surface area contributed by atoms with Crippen LogP contribution in [0.25, 0.3) is 0 Å². The summed E-state index contributed by atoms with van der Waals surface area (Å²) in [6, 6.07) is 24.2. The molecule has 1 amide bonds. The van der Waals surface area contributed by atoms with Gasteiger partial charge in [-0.3, -0.25) is 9.69 Å². The molecule has 0 aliphatic heterocycles. The average Bonchev–Trinajstić information content (AvgIpc) is 2.83. The van der Waals surface area contributed by atoms with Gasteiger partial charge in [-0.15, -0.1) is 0 Å². The fourth-order valence-electron chi connectivity index (χ4n) is 4.01. The summed E-state index contributed by atoms with van der Waals surface area (Å²) in [4.78, 5) is 19.8. The zero-order chi connectivity index (χ0) is 23.8. The molecule has 0 aliphatic carbocycles. The third-order valence-corrected chi connectivity index (χ3v) is 5.99. The van der Waals surface area contributed by atoms with Crippen LogP contribution < -0.4 is 9.80 Å². The summed E-state index contributed by atoms with van der Waals surface area (Å²) in [6.07, 6.45) is 0.602. The molecular weight excluding hydrogens is 413 g/mol. The van der Waals surface area contributed by atoms with Gasteiger partial charge in [0.15, 0.2) is 0 Å². The number of amides is 1. The van der Waals surface area contributed by atoms with Crippen molar-refractivity contribution in [1.82, 2.24) is 4.90 Å². The smallest absolute Gasteiger partial charge is 0.244 e. The van der Waals surface area contributed by atoms with Gasteiger partial charge in [-0.1, -0.05) is 42.5 Å². The van der Waals surface area contributed by atoms with Gasteiger partial charge in [-0.05, 0) is 81.9 Å². The molecule has 0 heterocycles. The van der Waals surface area contributed by atoms with Crippen LogP contribution in [0.5, 0.6) is 0 Å². The molecule has 0 bridgehead atoms. The molecule has 33 heavy (non-hydrogen) atoms. The van der Waals surface area contributed by atoms with Crippen molar-refractivity contribution in [3.8, 4) is 0 Å². The van der Waals surface area contributed by atoms with Crippen LogP contribution in [0.3, 0.4) is 0 Å². The summed E-state index contributed by atoms with van der Waals surface area (Å²) in [5, 5.41) is 0. The minimum absolute atomic E-state index is 0.0109. The van der Waals surface area contributed by atoms with Gasteiger partial charge in [0.25, 0.3) is 0 Å². The van der Waals surface area contributed by atoms with E-state index < -0.39 is 0 Å². The molecule has 0 aromatic heterocycles. The predicted octanol–water partition coefficient (Wildman–Crippen LogP) is 5.38. The molecule has 0 saturated carbocycles. The van der Waals surface area contributed by atoms with E-state index in [2.05, 4.69) is 43.0 Å². The molecule has 0 radical (unpaired) electrons. The van der Waals surface area contributed by atoms with Gasteiger partial charge < -0.3 is 9.80 Å². The fourth-order valence-corrected chi connectivity index (χ4v) is 4.01. The molecule has 3 aromatic carbocycles. The van der Waals surface area contributed by atoms with E-state index >= 15 is 0 Å². The van der Waals surface area contributed by atoms with E-state index in [4.69, 9.17) is 0 Å². The minimum Gasteiger partial charge on any atom is -0.372 e. The van der Waals surface area contributed by atoms with Gasteiger partial charge in [-0.25, -0.2) is 4.39 Å². The first kappa shape index (κ1) is 24.5. The minimum atomic E-state index is -0.340. The Morgan fingerprint density at radius 2 is 1.36 bits per heavy atom. The van der Waals surface area contributed by atoms with Crippen molar-refractivity contribution in [2.24, 2.45) is 0 Å². The number of rotatable bonds is 10. The third-order valence-electron chi connectivity index (χ3n) is 5.99. The van der Waals surface area contributed by atoms with Gasteiger partial charge in [0.2, 0.25) is 5.91 Å². The maximum Gasteiger partial charge on any atom is 0.244 e. The van der Waals surface area contributed by atoms with Gasteiger partial charge in [0.1, 0.15) is 5.82 Å². The van der Waals surface area contributed by atoms with Crippen LogP contribution >= 0.6 is 0 Å². The molecule has 0 spiro atoms. The first-order chi connectivity index (χ1) is 15.9. The van der Waals surface area contributed by atoms with Crippen molar-refractivity contribution in [2.45, 2.75) is 32.9 Å². The van der Waals surface area contributed by atoms with Crippen LogP contribution in [-0.4, -0.2) is 44.0 Å². The molecule has 3 aromatic rings. The second kappa shape index (κ2) is 11.6. The lowest BCUT2D eigenvalue weighted by Crippen LogP contribution is -2.47. The summed E-state index contributed by atoms with van der Waals surface area (Å²) in [6.45, 7) is 6.59. The predicted molar refractivity (Wildman–Crippen MR) is 135 cm³/mol. The van der Waals surface area contributed by atoms with Crippen molar-refractivity contribution in [3.05, 3.63) is 95.8 Å². The number of hydrogen-bond acceptors (Lipinski definition) is 3. The zero-order valence-electron chi connectivity index (χ0n) is 20.0. The van der Waals surface area contributed by atoms with Crippen molar-refractivity contribution in [2.75, 3.05) is 37.0 Å². The maximum absolute atomic E-state index is 13.8. The molecule has 0 aliphatic rings. The van der Waals surface area contributed by atoms with Crippen LogP contribution in [0.4, 0.5) is 15.8 Å². The van der Waals surface area contributed by atoms with E-state index in [0.29, 0.717) is 18.7 Å². The number of hydrogen-bond donors (Lipinski definition) is 0. The molecule has 3 rings (SSSR count). The standard InChI is InChI=1S/C28H34FN3O/c1-5-31(6-2)25-16-12-23(13-17-25)21-32(26-18-14-24(29)15-19-26)28(33)27(30(3)4)20-22-10-8-7-9-11-22/h7-19,27H,5-6,20-21H2,1-4H3/t27-/m0/s1. The molecule has 0 N–H and O–H groups in total. The molecule has 5 heteroatoms. The Morgan fingerprint density at radius 1 is 0.788 bits per heavy atom. The van der Waals surface area contributed by atoms with Crippen molar-refractivity contribution in [3.63, 3.8) is 0 Å². The Hall–Kier alpha value is -3.18. The number of halogens is 1. The highest BCUT2D eigenvalue weighted by Gasteiger charge is 2.28. The summed E-state index contributed by atoms with van der Waals surface area (Å²) in [7, 11) is 3.85. The highest BCUT2D eigenvalue weighted by molar-refractivity contribution is 5.97. The van der Waals surface area contributed by atoms with E-state index in [9.17, 15) is 9.18 Å². The Kier molecular flexibility index (Phi) is 8.61. The Labute approximate surface area is 197 Å². The van der Waals surface area contributed by atoms with E-state index in [1.54, 1.807) is 17.0 Å². The SMILES string of the molecule is CCN(CC)c1ccc(CN(C(=O)[C@H](Cc2ccccc2)N(C)C)c2ccc(F)cc2)cc1. The quantitative estimate of drug-likeness (QED) is 0.418. The van der Waals surface area contributed by atoms with Crippen LogP contribution in [0.15, 0.2) is 78.9 Å². The van der Waals surface area contributed by atoms with E-state index in [-0.39, 0.29) is 17.8 Å². The zero-order valence-corrected chi connectivity index (χ0v) is 20.0. The van der Waals surface area contributed by atoms with Crippen LogP contribution in [-0.2, 0) is 17.8 Å². The first-order valence-corrected chi connectivity index (χ1v) is 11.5. The topological polar surface area (TPSA) is 26.8 Å². The summed E-state index contributed by atoms with van der Waals surface area (Å²) >= 11 is 0. The molecule has 0 unspecified atom stereocenters. The number of benzene rings is 3. The number of anilines is 2. The highest BCUT2D eigenvalue weighted by Crippen LogP contribution is 2.23. The monoisotopic (exact) mass is 447 g/mol. The molecule has 4 nitrogen and oxygen atoms in total. The highest BCUT2D eigenvalue weighted by atomic mass is 19.1. The normalized spacial score (nSPS) is 11.9. The lowest BCUT2D eigenvalue weighted by Gasteiger charge is -2.31. The second-order valence-electron chi connectivity index (χ2n) is 8.41. The van der Waals surface area contributed by atoms with Crippen molar-refractivity contribution < 1.29 is 9.18 Å². The van der Waals surface area contributed by atoms with Gasteiger partial charge >= 0.3 is 0 Å². The van der Waals surface area contributed by atoms with Crippen molar-refractivity contribution >= 4 is 17.3 Å². The molecule has 0 fully saturated rings. The Balaban J connectivity index is 1.90.